The summed E-state index contributed by atoms with van der Waals surface area (Å²) in [5.74, 6) is 0.911. The van der Waals surface area contributed by atoms with Crippen molar-refractivity contribution in [3.63, 3.8) is 0 Å². The molecule has 2 rings (SSSR count). The second-order valence-electron chi connectivity index (χ2n) is 3.11. The normalized spacial score (nSPS) is 10.4. The number of thioether (sulfide) groups is 1. The summed E-state index contributed by atoms with van der Waals surface area (Å²) in [6.07, 6.45) is 0.396. The van der Waals surface area contributed by atoms with Crippen molar-refractivity contribution in [3.8, 4) is 0 Å². The van der Waals surface area contributed by atoms with Crippen LogP contribution in [0, 0.1) is 0 Å². The predicted octanol–water partition coefficient (Wildman–Crippen LogP) is 2.89. The van der Waals surface area contributed by atoms with Gasteiger partial charge in [0.25, 0.3) is 0 Å². The van der Waals surface area contributed by atoms with Crippen LogP contribution in [0.15, 0.2) is 21.9 Å². The molecule has 7 heteroatoms. The van der Waals surface area contributed by atoms with E-state index in [0.29, 0.717) is 11.6 Å². The number of hydrogen-bond donors (Lipinski definition) is 1. The van der Waals surface area contributed by atoms with Gasteiger partial charge in [0.15, 0.2) is 4.34 Å². The van der Waals surface area contributed by atoms with E-state index in [0.717, 1.165) is 15.0 Å². The lowest BCUT2D eigenvalue weighted by atomic mass is 10.3. The van der Waals surface area contributed by atoms with Crippen LogP contribution in [0.2, 0.25) is 0 Å². The number of thiophene rings is 1. The number of anilines is 1. The van der Waals surface area contributed by atoms with Crippen molar-refractivity contribution in [2.45, 2.75) is 17.7 Å². The van der Waals surface area contributed by atoms with Gasteiger partial charge in [0, 0.05) is 4.88 Å². The number of nitrogens with one attached hydrogen (secondary N) is 1. The molecule has 0 unspecified atom stereocenters. The van der Waals surface area contributed by atoms with Crippen LogP contribution in [0.25, 0.3) is 0 Å². The van der Waals surface area contributed by atoms with Gasteiger partial charge >= 0.3 is 0 Å². The Bertz CT molecular complexity index is 481. The Labute approximate surface area is 111 Å². The molecule has 0 atom stereocenters. The van der Waals surface area contributed by atoms with E-state index >= 15 is 0 Å². The Morgan fingerprint density at radius 1 is 1.53 bits per heavy atom. The quantitative estimate of drug-likeness (QED) is 0.678. The summed E-state index contributed by atoms with van der Waals surface area (Å²) in [4.78, 5) is 12.7. The van der Waals surface area contributed by atoms with Crippen LogP contribution in [-0.4, -0.2) is 21.9 Å². The number of nitrogens with zero attached hydrogens (tertiary/aromatic N) is 2. The van der Waals surface area contributed by atoms with E-state index in [1.807, 2.05) is 17.5 Å². The van der Waals surface area contributed by atoms with Gasteiger partial charge in [0.1, 0.15) is 0 Å². The molecule has 1 amide bonds. The number of amides is 1. The van der Waals surface area contributed by atoms with Crippen LogP contribution < -0.4 is 5.32 Å². The SMILES string of the molecule is CCSc1nnc(NC(=O)Cc2cccs2)s1. The van der Waals surface area contributed by atoms with Crippen molar-refractivity contribution in [2.75, 3.05) is 11.1 Å². The van der Waals surface area contributed by atoms with Gasteiger partial charge in [0.05, 0.1) is 6.42 Å². The molecular formula is C10H11N3OS3. The molecule has 0 fully saturated rings. The Balaban J connectivity index is 1.89. The minimum atomic E-state index is -0.0448. The van der Waals surface area contributed by atoms with Crippen molar-refractivity contribution in [1.29, 1.82) is 0 Å². The van der Waals surface area contributed by atoms with Gasteiger partial charge in [-0.1, -0.05) is 36.1 Å². The van der Waals surface area contributed by atoms with Crippen LogP contribution in [0.3, 0.4) is 0 Å². The van der Waals surface area contributed by atoms with Crippen LogP contribution in [0.1, 0.15) is 11.8 Å². The zero-order chi connectivity index (χ0) is 12.1. The minimum absolute atomic E-state index is 0.0448. The monoisotopic (exact) mass is 285 g/mol. The van der Waals surface area contributed by atoms with Crippen LogP contribution >= 0.6 is 34.4 Å². The van der Waals surface area contributed by atoms with Crippen molar-refractivity contribution in [2.24, 2.45) is 0 Å². The molecular weight excluding hydrogens is 274 g/mol. The maximum Gasteiger partial charge on any atom is 0.231 e. The van der Waals surface area contributed by atoms with Gasteiger partial charge in [-0.3, -0.25) is 4.79 Å². The molecule has 2 heterocycles. The maximum atomic E-state index is 11.7. The van der Waals surface area contributed by atoms with Gasteiger partial charge in [-0.15, -0.1) is 21.5 Å². The second kappa shape index (κ2) is 6.13. The standard InChI is InChI=1S/C10H11N3OS3/c1-2-15-10-13-12-9(17-10)11-8(14)6-7-4-3-5-16-7/h3-5H,2,6H2,1H3,(H,11,12,14). The number of rotatable bonds is 5. The van der Waals surface area contributed by atoms with Crippen molar-refractivity contribution < 1.29 is 4.79 Å². The zero-order valence-corrected chi connectivity index (χ0v) is 11.6. The Hall–Kier alpha value is -0.920. The molecule has 0 aliphatic heterocycles. The summed E-state index contributed by atoms with van der Waals surface area (Å²) in [6, 6.07) is 3.89. The topological polar surface area (TPSA) is 54.9 Å². The molecule has 0 aliphatic rings. The Morgan fingerprint density at radius 2 is 2.41 bits per heavy atom. The number of hydrogen-bond acceptors (Lipinski definition) is 6. The molecule has 17 heavy (non-hydrogen) atoms. The molecule has 0 aromatic carbocycles. The lowest BCUT2D eigenvalue weighted by molar-refractivity contribution is -0.115. The van der Waals surface area contributed by atoms with Crippen LogP contribution in [0.4, 0.5) is 5.13 Å². The smallest absolute Gasteiger partial charge is 0.231 e. The highest BCUT2D eigenvalue weighted by molar-refractivity contribution is 8.01. The molecule has 0 radical (unpaired) electrons. The third-order valence-electron chi connectivity index (χ3n) is 1.84. The third-order valence-corrected chi connectivity index (χ3v) is 4.57. The highest BCUT2D eigenvalue weighted by Crippen LogP contribution is 2.25. The summed E-state index contributed by atoms with van der Waals surface area (Å²) in [7, 11) is 0. The number of aromatic nitrogens is 2. The van der Waals surface area contributed by atoms with Gasteiger partial charge in [-0.05, 0) is 17.2 Å². The molecule has 0 saturated heterocycles. The fourth-order valence-electron chi connectivity index (χ4n) is 1.18. The summed E-state index contributed by atoms with van der Waals surface area (Å²) in [5.41, 5.74) is 0. The molecule has 90 valence electrons. The molecule has 1 N–H and O–H groups in total. The van der Waals surface area contributed by atoms with Gasteiger partial charge in [-0.25, -0.2) is 0 Å². The minimum Gasteiger partial charge on any atom is -0.300 e. The summed E-state index contributed by atoms with van der Waals surface area (Å²) < 4.78 is 0.888. The number of carbonyl (C=O) groups excluding carboxylic acids is 1. The molecule has 0 spiro atoms. The van der Waals surface area contributed by atoms with Crippen molar-refractivity contribution in [3.05, 3.63) is 22.4 Å². The fourth-order valence-corrected chi connectivity index (χ4v) is 3.55. The fraction of sp³-hybridized carbons (Fsp3) is 0.300. The summed E-state index contributed by atoms with van der Waals surface area (Å²) >= 11 is 4.61. The Morgan fingerprint density at radius 3 is 3.12 bits per heavy atom. The molecule has 0 bridgehead atoms. The summed E-state index contributed by atoms with van der Waals surface area (Å²) in [5, 5.41) is 13.2. The first-order valence-corrected chi connectivity index (χ1v) is 7.74. The molecule has 0 aliphatic carbocycles. The maximum absolute atomic E-state index is 11.7. The lowest BCUT2D eigenvalue weighted by Crippen LogP contribution is -2.13. The average Bonchev–Trinajstić information content (AvgIpc) is 2.91. The Kier molecular flexibility index (Phi) is 4.52. The van der Waals surface area contributed by atoms with Crippen LogP contribution in [0.5, 0.6) is 0 Å². The second-order valence-corrected chi connectivity index (χ2v) is 6.63. The third kappa shape index (κ3) is 3.79. The average molecular weight is 285 g/mol. The van der Waals surface area contributed by atoms with E-state index in [9.17, 15) is 4.79 Å². The largest absolute Gasteiger partial charge is 0.300 e. The molecule has 0 saturated carbocycles. The highest BCUT2D eigenvalue weighted by Gasteiger charge is 2.09. The molecule has 2 aromatic heterocycles. The molecule has 2 aromatic rings. The van der Waals surface area contributed by atoms with Gasteiger partial charge in [0.2, 0.25) is 11.0 Å². The first-order chi connectivity index (χ1) is 8.28. The predicted molar refractivity (Wildman–Crippen MR) is 73.0 cm³/mol. The molecule has 4 nitrogen and oxygen atoms in total. The van der Waals surface area contributed by atoms with E-state index in [-0.39, 0.29) is 5.91 Å². The first-order valence-electron chi connectivity index (χ1n) is 5.06. The van der Waals surface area contributed by atoms with Gasteiger partial charge < -0.3 is 5.32 Å². The van der Waals surface area contributed by atoms with Crippen molar-refractivity contribution in [1.82, 2.24) is 10.2 Å². The summed E-state index contributed by atoms with van der Waals surface area (Å²) in [6.45, 7) is 2.06. The lowest BCUT2D eigenvalue weighted by Gasteiger charge is -1.97. The number of carbonyl (C=O) groups is 1. The first kappa shape index (κ1) is 12.5. The highest BCUT2D eigenvalue weighted by atomic mass is 32.2. The van der Waals surface area contributed by atoms with Crippen LogP contribution in [-0.2, 0) is 11.2 Å². The van der Waals surface area contributed by atoms with E-state index in [1.165, 1.54) is 11.3 Å². The van der Waals surface area contributed by atoms with E-state index < -0.39 is 0 Å². The van der Waals surface area contributed by atoms with E-state index in [2.05, 4.69) is 22.4 Å². The van der Waals surface area contributed by atoms with E-state index in [4.69, 9.17) is 0 Å². The van der Waals surface area contributed by atoms with Gasteiger partial charge in [-0.2, -0.15) is 0 Å². The van der Waals surface area contributed by atoms with E-state index in [1.54, 1.807) is 23.1 Å². The zero-order valence-electron chi connectivity index (χ0n) is 9.17. The van der Waals surface area contributed by atoms with Crippen molar-refractivity contribution >= 4 is 45.5 Å².